The van der Waals surface area contributed by atoms with Crippen LogP contribution in [-0.2, 0) is 9.47 Å². The molecular weight excluding hydrogens is 543 g/mol. The molecule has 3 aromatic carbocycles. The van der Waals surface area contributed by atoms with Crippen molar-refractivity contribution in [1.82, 2.24) is 0 Å². The lowest BCUT2D eigenvalue weighted by Crippen LogP contribution is -2.20. The van der Waals surface area contributed by atoms with E-state index in [9.17, 15) is 9.59 Å². The maximum absolute atomic E-state index is 16.0. The van der Waals surface area contributed by atoms with Crippen molar-refractivity contribution in [3.05, 3.63) is 78.1 Å². The molecule has 0 aliphatic heterocycles. The zero-order valence-electron chi connectivity index (χ0n) is 26.0. The summed E-state index contributed by atoms with van der Waals surface area (Å²) in [5.74, 6) is -1.08. The molecule has 0 saturated heterocycles. The number of esters is 1. The van der Waals surface area contributed by atoms with Gasteiger partial charge >= 0.3 is 12.1 Å². The normalized spacial score (nSPS) is 11.6. The largest absolute Gasteiger partial charge is 0.516 e. The number of unbranched alkanes of at least 4 members (excludes halogenated alkanes) is 9. The van der Waals surface area contributed by atoms with Crippen molar-refractivity contribution in [2.75, 3.05) is 6.61 Å². The molecule has 0 radical (unpaired) electrons. The molecule has 0 saturated carbocycles. The van der Waals surface area contributed by atoms with E-state index in [1.165, 1.54) is 38.2 Å². The van der Waals surface area contributed by atoms with Crippen molar-refractivity contribution >= 4 is 12.1 Å². The molecule has 3 rings (SSSR count). The standard InChI is InChI=1S/C37H47FO5/c1-4-6-8-10-11-12-17-27-41-31-23-21-29(22-24-31)32-25-26-33(35(38)34(32)30-19-15-13-16-20-30)36(39)43-37(40)42-28(3)18-14-9-7-5-2/h13,15-16,19-26,28H,4-12,14,17-18,27H2,1-3H3/t28-/m1/s1. The molecule has 3 aromatic rings. The summed E-state index contributed by atoms with van der Waals surface area (Å²) in [6.07, 6.45) is 11.9. The summed E-state index contributed by atoms with van der Waals surface area (Å²) in [6, 6.07) is 19.6. The predicted octanol–water partition coefficient (Wildman–Crippen LogP) is 10.9. The fourth-order valence-electron chi connectivity index (χ4n) is 5.08. The monoisotopic (exact) mass is 590 g/mol. The van der Waals surface area contributed by atoms with Gasteiger partial charge in [-0.15, -0.1) is 0 Å². The second-order valence-corrected chi connectivity index (χ2v) is 11.1. The van der Waals surface area contributed by atoms with Gasteiger partial charge in [-0.2, -0.15) is 0 Å². The van der Waals surface area contributed by atoms with Crippen molar-refractivity contribution in [3.63, 3.8) is 0 Å². The van der Waals surface area contributed by atoms with Crippen LogP contribution < -0.4 is 4.74 Å². The molecule has 0 aliphatic rings. The molecule has 0 bridgehead atoms. The molecule has 232 valence electrons. The van der Waals surface area contributed by atoms with E-state index < -0.39 is 24.0 Å². The highest BCUT2D eigenvalue weighted by Crippen LogP contribution is 2.36. The van der Waals surface area contributed by atoms with Crippen LogP contribution in [0.15, 0.2) is 66.7 Å². The Kier molecular flexibility index (Phi) is 14.8. The molecular formula is C37H47FO5. The van der Waals surface area contributed by atoms with Gasteiger partial charge in [-0.3, -0.25) is 0 Å². The molecule has 0 amide bonds. The molecule has 0 aromatic heterocycles. The summed E-state index contributed by atoms with van der Waals surface area (Å²) in [6.45, 7) is 6.77. The molecule has 6 heteroatoms. The summed E-state index contributed by atoms with van der Waals surface area (Å²) in [5.41, 5.74) is 1.92. The number of hydrogen-bond donors (Lipinski definition) is 0. The summed E-state index contributed by atoms with van der Waals surface area (Å²) in [5, 5.41) is 0. The molecule has 0 aliphatic carbocycles. The average Bonchev–Trinajstić information content (AvgIpc) is 3.01. The highest BCUT2D eigenvalue weighted by molar-refractivity contribution is 5.98. The van der Waals surface area contributed by atoms with Gasteiger partial charge in [-0.1, -0.05) is 120 Å². The Morgan fingerprint density at radius 2 is 1.35 bits per heavy atom. The lowest BCUT2D eigenvalue weighted by molar-refractivity contribution is 0.0229. The number of benzene rings is 3. The van der Waals surface area contributed by atoms with Crippen molar-refractivity contribution in [2.45, 2.75) is 104 Å². The third kappa shape index (κ3) is 11.2. The zero-order chi connectivity index (χ0) is 30.9. The van der Waals surface area contributed by atoms with Crippen LogP contribution in [0.3, 0.4) is 0 Å². The minimum Gasteiger partial charge on any atom is -0.494 e. The van der Waals surface area contributed by atoms with E-state index in [1.807, 2.05) is 42.5 Å². The van der Waals surface area contributed by atoms with Crippen LogP contribution >= 0.6 is 0 Å². The van der Waals surface area contributed by atoms with Gasteiger partial charge in [0.05, 0.1) is 12.2 Å². The lowest BCUT2D eigenvalue weighted by atomic mass is 9.92. The quantitative estimate of drug-likeness (QED) is 0.0838. The summed E-state index contributed by atoms with van der Waals surface area (Å²) < 4.78 is 32.1. The Hall–Kier alpha value is -3.67. The van der Waals surface area contributed by atoms with E-state index >= 15 is 4.39 Å². The third-order valence-electron chi connectivity index (χ3n) is 7.54. The van der Waals surface area contributed by atoms with Gasteiger partial charge in [-0.05, 0) is 61.1 Å². The van der Waals surface area contributed by atoms with Crippen LogP contribution in [0.1, 0.15) is 108 Å². The van der Waals surface area contributed by atoms with Gasteiger partial charge in [0, 0.05) is 5.56 Å². The van der Waals surface area contributed by atoms with Crippen LogP contribution in [0.2, 0.25) is 0 Å². The Bertz CT molecular complexity index is 1260. The zero-order valence-corrected chi connectivity index (χ0v) is 26.0. The predicted molar refractivity (Wildman–Crippen MR) is 171 cm³/mol. The Balaban J connectivity index is 1.69. The van der Waals surface area contributed by atoms with Gasteiger partial charge in [0.15, 0.2) is 0 Å². The van der Waals surface area contributed by atoms with Crippen LogP contribution in [0.5, 0.6) is 5.75 Å². The Morgan fingerprint density at radius 1 is 0.721 bits per heavy atom. The number of rotatable bonds is 18. The number of carbonyl (C=O) groups excluding carboxylic acids is 2. The Morgan fingerprint density at radius 3 is 2.02 bits per heavy atom. The van der Waals surface area contributed by atoms with E-state index in [0.29, 0.717) is 24.2 Å². The molecule has 0 N–H and O–H groups in total. The topological polar surface area (TPSA) is 61.8 Å². The minimum atomic E-state index is -1.12. The van der Waals surface area contributed by atoms with E-state index in [2.05, 4.69) is 13.8 Å². The highest BCUT2D eigenvalue weighted by atomic mass is 19.1. The first-order chi connectivity index (χ1) is 20.9. The molecule has 43 heavy (non-hydrogen) atoms. The molecule has 0 spiro atoms. The Labute approximate surface area is 256 Å². The molecule has 1 atom stereocenters. The molecule has 5 nitrogen and oxygen atoms in total. The number of halogens is 1. The van der Waals surface area contributed by atoms with Gasteiger partial charge in [0.25, 0.3) is 0 Å². The summed E-state index contributed by atoms with van der Waals surface area (Å²) in [4.78, 5) is 25.1. The maximum Gasteiger partial charge on any atom is 0.516 e. The first-order valence-electron chi connectivity index (χ1n) is 16.0. The first-order valence-corrected chi connectivity index (χ1v) is 16.0. The van der Waals surface area contributed by atoms with E-state index in [1.54, 1.807) is 25.1 Å². The smallest absolute Gasteiger partial charge is 0.494 e. The maximum atomic E-state index is 16.0. The first kappa shape index (κ1) is 33.8. The molecule has 0 heterocycles. The van der Waals surface area contributed by atoms with E-state index in [0.717, 1.165) is 49.8 Å². The van der Waals surface area contributed by atoms with Crippen molar-refractivity contribution in [2.24, 2.45) is 0 Å². The fourth-order valence-corrected chi connectivity index (χ4v) is 5.08. The average molecular weight is 591 g/mol. The SMILES string of the molecule is CCCCCCCCCOc1ccc(-c2ccc(C(=O)OC(=O)O[C@H](C)CCCCCC)c(F)c2-c2ccccc2)cc1. The number of ether oxygens (including phenoxy) is 3. The van der Waals surface area contributed by atoms with Crippen LogP contribution in [0.4, 0.5) is 9.18 Å². The van der Waals surface area contributed by atoms with Gasteiger partial charge < -0.3 is 14.2 Å². The third-order valence-corrected chi connectivity index (χ3v) is 7.54. The second-order valence-electron chi connectivity index (χ2n) is 11.1. The lowest BCUT2D eigenvalue weighted by Gasteiger charge is -2.15. The summed E-state index contributed by atoms with van der Waals surface area (Å²) >= 11 is 0. The van der Waals surface area contributed by atoms with Gasteiger partial charge in [0.2, 0.25) is 0 Å². The number of hydrogen-bond acceptors (Lipinski definition) is 5. The molecule has 0 fully saturated rings. The molecule has 0 unspecified atom stereocenters. The van der Waals surface area contributed by atoms with Crippen LogP contribution in [0.25, 0.3) is 22.3 Å². The fraction of sp³-hybridized carbons (Fsp3) is 0.459. The van der Waals surface area contributed by atoms with Crippen molar-refractivity contribution in [1.29, 1.82) is 0 Å². The van der Waals surface area contributed by atoms with Gasteiger partial charge in [-0.25, -0.2) is 14.0 Å². The minimum absolute atomic E-state index is 0.254. The number of carbonyl (C=O) groups is 2. The summed E-state index contributed by atoms with van der Waals surface area (Å²) in [7, 11) is 0. The second kappa shape index (κ2) is 18.8. The van der Waals surface area contributed by atoms with Crippen LogP contribution in [-0.4, -0.2) is 24.8 Å². The highest BCUT2D eigenvalue weighted by Gasteiger charge is 2.24. The van der Waals surface area contributed by atoms with E-state index in [4.69, 9.17) is 14.2 Å². The van der Waals surface area contributed by atoms with Crippen molar-refractivity contribution in [3.8, 4) is 28.0 Å². The van der Waals surface area contributed by atoms with Crippen LogP contribution in [0, 0.1) is 5.82 Å². The van der Waals surface area contributed by atoms with Gasteiger partial charge in [0.1, 0.15) is 17.7 Å². The van der Waals surface area contributed by atoms with Crippen molar-refractivity contribution < 1.29 is 28.2 Å². The van der Waals surface area contributed by atoms with E-state index in [-0.39, 0.29) is 11.1 Å².